The van der Waals surface area contributed by atoms with E-state index in [0.717, 1.165) is 12.0 Å². The van der Waals surface area contributed by atoms with Gasteiger partial charge in [0.1, 0.15) is 5.01 Å². The van der Waals surface area contributed by atoms with Gasteiger partial charge in [0, 0.05) is 10.9 Å². The van der Waals surface area contributed by atoms with E-state index in [1.807, 2.05) is 25.1 Å². The van der Waals surface area contributed by atoms with Crippen LogP contribution in [0.4, 0.5) is 0 Å². The highest BCUT2D eigenvalue weighted by molar-refractivity contribution is 7.09. The molecule has 1 atom stereocenters. The van der Waals surface area contributed by atoms with Gasteiger partial charge in [0.05, 0.1) is 6.04 Å². The van der Waals surface area contributed by atoms with Crippen LogP contribution in [0.2, 0.25) is 0 Å². The van der Waals surface area contributed by atoms with Gasteiger partial charge in [-0.2, -0.15) is 0 Å². The van der Waals surface area contributed by atoms with Crippen molar-refractivity contribution in [1.29, 1.82) is 0 Å². The number of aromatic carboxylic acids is 1. The molecule has 0 aliphatic heterocycles. The molecule has 0 aliphatic rings. The third-order valence-corrected chi connectivity index (χ3v) is 4.13. The minimum absolute atomic E-state index is 0.00468. The van der Waals surface area contributed by atoms with E-state index in [4.69, 9.17) is 5.11 Å². The molecule has 2 N–H and O–H groups in total. The SMILES string of the molecule is CCc1ccccc1C(=O)NC(C)c1nc(C(=O)O)cs1. The van der Waals surface area contributed by atoms with E-state index in [0.29, 0.717) is 10.6 Å². The zero-order chi connectivity index (χ0) is 15.4. The summed E-state index contributed by atoms with van der Waals surface area (Å²) in [6.07, 6.45) is 0.776. The molecule has 5 nitrogen and oxygen atoms in total. The van der Waals surface area contributed by atoms with Gasteiger partial charge >= 0.3 is 5.97 Å². The first kappa shape index (κ1) is 15.2. The van der Waals surface area contributed by atoms with Gasteiger partial charge in [-0.3, -0.25) is 4.79 Å². The topological polar surface area (TPSA) is 79.3 Å². The second kappa shape index (κ2) is 6.49. The van der Waals surface area contributed by atoms with Gasteiger partial charge in [0.25, 0.3) is 5.91 Å². The summed E-state index contributed by atoms with van der Waals surface area (Å²) in [5, 5.41) is 13.8. The first-order valence-electron chi connectivity index (χ1n) is 6.60. The lowest BCUT2D eigenvalue weighted by Gasteiger charge is -2.13. The van der Waals surface area contributed by atoms with Gasteiger partial charge in [0.2, 0.25) is 0 Å². The molecule has 1 unspecified atom stereocenters. The Morgan fingerprint density at radius 1 is 1.38 bits per heavy atom. The summed E-state index contributed by atoms with van der Waals surface area (Å²) in [6, 6.07) is 7.10. The molecular formula is C15H16N2O3S. The summed E-state index contributed by atoms with van der Waals surface area (Å²) in [5.74, 6) is -1.24. The molecule has 1 heterocycles. The number of carboxylic acid groups (broad SMARTS) is 1. The minimum atomic E-state index is -1.06. The number of benzene rings is 1. The van der Waals surface area contributed by atoms with Crippen LogP contribution in [0.1, 0.15) is 51.3 Å². The van der Waals surface area contributed by atoms with Crippen LogP contribution in [0.15, 0.2) is 29.6 Å². The predicted octanol–water partition coefficient (Wildman–Crippen LogP) is 2.89. The second-order valence-electron chi connectivity index (χ2n) is 4.58. The van der Waals surface area contributed by atoms with E-state index >= 15 is 0 Å². The van der Waals surface area contributed by atoms with Crippen LogP contribution in [0, 0.1) is 0 Å². The van der Waals surface area contributed by atoms with Gasteiger partial charge in [-0.15, -0.1) is 11.3 Å². The Hall–Kier alpha value is -2.21. The predicted molar refractivity (Wildman–Crippen MR) is 80.8 cm³/mol. The largest absolute Gasteiger partial charge is 0.476 e. The highest BCUT2D eigenvalue weighted by Crippen LogP contribution is 2.19. The van der Waals surface area contributed by atoms with Crippen molar-refractivity contribution in [2.75, 3.05) is 0 Å². The Morgan fingerprint density at radius 3 is 2.71 bits per heavy atom. The second-order valence-corrected chi connectivity index (χ2v) is 5.47. The Kier molecular flexibility index (Phi) is 4.70. The number of thiazole rings is 1. The highest BCUT2D eigenvalue weighted by Gasteiger charge is 2.17. The van der Waals surface area contributed by atoms with Crippen LogP contribution >= 0.6 is 11.3 Å². The first-order chi connectivity index (χ1) is 10.0. The molecular weight excluding hydrogens is 288 g/mol. The number of hydrogen-bond acceptors (Lipinski definition) is 4. The van der Waals surface area contributed by atoms with E-state index < -0.39 is 5.97 Å². The number of rotatable bonds is 5. The number of carbonyl (C=O) groups is 2. The van der Waals surface area contributed by atoms with E-state index in [1.165, 1.54) is 16.7 Å². The van der Waals surface area contributed by atoms with Crippen molar-refractivity contribution in [3.8, 4) is 0 Å². The smallest absolute Gasteiger partial charge is 0.355 e. The van der Waals surface area contributed by atoms with Crippen molar-refractivity contribution < 1.29 is 14.7 Å². The van der Waals surface area contributed by atoms with Crippen molar-refractivity contribution in [2.24, 2.45) is 0 Å². The number of nitrogens with zero attached hydrogens (tertiary/aromatic N) is 1. The fraction of sp³-hybridized carbons (Fsp3) is 0.267. The number of aryl methyl sites for hydroxylation is 1. The lowest BCUT2D eigenvalue weighted by molar-refractivity contribution is 0.0691. The molecule has 0 saturated carbocycles. The van der Waals surface area contributed by atoms with Crippen molar-refractivity contribution in [3.05, 3.63) is 51.5 Å². The number of nitrogens with one attached hydrogen (secondary N) is 1. The average molecular weight is 304 g/mol. The molecule has 0 fully saturated rings. The molecule has 0 aliphatic carbocycles. The quantitative estimate of drug-likeness (QED) is 0.890. The Balaban J connectivity index is 2.13. The molecule has 1 amide bonds. The molecule has 0 bridgehead atoms. The zero-order valence-electron chi connectivity index (χ0n) is 11.8. The zero-order valence-corrected chi connectivity index (χ0v) is 12.6. The summed E-state index contributed by atoms with van der Waals surface area (Å²) in [6.45, 7) is 3.78. The summed E-state index contributed by atoms with van der Waals surface area (Å²) >= 11 is 1.23. The van der Waals surface area contributed by atoms with Gasteiger partial charge in [-0.25, -0.2) is 9.78 Å². The van der Waals surface area contributed by atoms with Crippen LogP contribution in [0.25, 0.3) is 0 Å². The van der Waals surface area contributed by atoms with Crippen molar-refractivity contribution in [3.63, 3.8) is 0 Å². The summed E-state index contributed by atoms with van der Waals surface area (Å²) in [7, 11) is 0. The molecule has 2 aromatic rings. The number of carbonyl (C=O) groups excluding carboxylic acids is 1. The molecule has 1 aromatic heterocycles. The van der Waals surface area contributed by atoms with E-state index in [1.54, 1.807) is 13.0 Å². The lowest BCUT2D eigenvalue weighted by atomic mass is 10.0. The Morgan fingerprint density at radius 2 is 2.10 bits per heavy atom. The summed E-state index contributed by atoms with van der Waals surface area (Å²) < 4.78 is 0. The summed E-state index contributed by atoms with van der Waals surface area (Å²) in [5.41, 5.74) is 1.62. The monoisotopic (exact) mass is 304 g/mol. The van der Waals surface area contributed by atoms with Gasteiger partial charge in [-0.1, -0.05) is 25.1 Å². The Bertz CT molecular complexity index is 666. The maximum absolute atomic E-state index is 12.3. The van der Waals surface area contributed by atoms with E-state index in [-0.39, 0.29) is 17.6 Å². The van der Waals surface area contributed by atoms with Crippen molar-refractivity contribution in [1.82, 2.24) is 10.3 Å². The standard InChI is InChI=1S/C15H16N2O3S/c1-3-10-6-4-5-7-11(10)13(18)16-9(2)14-17-12(8-21-14)15(19)20/h4-9H,3H2,1-2H3,(H,16,18)(H,19,20). The summed E-state index contributed by atoms with van der Waals surface area (Å²) in [4.78, 5) is 27.1. The molecule has 1 aromatic carbocycles. The average Bonchev–Trinajstić information content (AvgIpc) is 2.97. The normalized spacial score (nSPS) is 11.9. The third kappa shape index (κ3) is 3.46. The molecule has 0 spiro atoms. The molecule has 21 heavy (non-hydrogen) atoms. The highest BCUT2D eigenvalue weighted by atomic mass is 32.1. The Labute approximate surface area is 126 Å². The van der Waals surface area contributed by atoms with Gasteiger partial charge in [0.15, 0.2) is 5.69 Å². The molecule has 0 radical (unpaired) electrons. The lowest BCUT2D eigenvalue weighted by Crippen LogP contribution is -2.27. The maximum Gasteiger partial charge on any atom is 0.355 e. The van der Waals surface area contributed by atoms with Crippen LogP contribution in [-0.2, 0) is 6.42 Å². The van der Waals surface area contributed by atoms with Crippen LogP contribution < -0.4 is 5.32 Å². The van der Waals surface area contributed by atoms with E-state index in [9.17, 15) is 9.59 Å². The fourth-order valence-electron chi connectivity index (χ4n) is 1.97. The number of aromatic nitrogens is 1. The van der Waals surface area contributed by atoms with Crippen LogP contribution in [-0.4, -0.2) is 22.0 Å². The van der Waals surface area contributed by atoms with E-state index in [2.05, 4.69) is 10.3 Å². The van der Waals surface area contributed by atoms with Gasteiger partial charge in [-0.05, 0) is 25.0 Å². The molecule has 2 rings (SSSR count). The first-order valence-corrected chi connectivity index (χ1v) is 7.48. The molecule has 6 heteroatoms. The third-order valence-electron chi connectivity index (χ3n) is 3.10. The minimum Gasteiger partial charge on any atom is -0.476 e. The maximum atomic E-state index is 12.3. The van der Waals surface area contributed by atoms with Crippen molar-refractivity contribution >= 4 is 23.2 Å². The van der Waals surface area contributed by atoms with Gasteiger partial charge < -0.3 is 10.4 Å². The molecule has 0 saturated heterocycles. The number of hydrogen-bond donors (Lipinski definition) is 2. The van der Waals surface area contributed by atoms with Crippen LogP contribution in [0.5, 0.6) is 0 Å². The van der Waals surface area contributed by atoms with Crippen LogP contribution in [0.3, 0.4) is 0 Å². The fourth-order valence-corrected chi connectivity index (χ4v) is 2.77. The van der Waals surface area contributed by atoms with Crippen molar-refractivity contribution in [2.45, 2.75) is 26.3 Å². The molecule has 110 valence electrons. The number of amides is 1. The number of carboxylic acids is 1.